The van der Waals surface area contributed by atoms with Gasteiger partial charge in [-0.3, -0.25) is 0 Å². The van der Waals surface area contributed by atoms with E-state index in [1.54, 1.807) is 0 Å². The minimum Gasteiger partial charge on any atom is -0.494 e. The van der Waals surface area contributed by atoms with E-state index < -0.39 is 0 Å². The van der Waals surface area contributed by atoms with E-state index >= 15 is 0 Å². The predicted octanol–water partition coefficient (Wildman–Crippen LogP) is 5.94. The van der Waals surface area contributed by atoms with Gasteiger partial charge in [0.1, 0.15) is 5.75 Å². The average molecular weight is 286 g/mol. The van der Waals surface area contributed by atoms with E-state index in [4.69, 9.17) is 4.74 Å². The molecular formula is C21H18O. The number of hydrogen-bond donors (Lipinski definition) is 0. The van der Waals surface area contributed by atoms with Crippen LogP contribution in [0, 0.1) is 0 Å². The first-order chi connectivity index (χ1) is 10.8. The lowest BCUT2D eigenvalue weighted by Crippen LogP contribution is -1.94. The molecule has 0 fully saturated rings. The third kappa shape index (κ3) is 2.29. The van der Waals surface area contributed by atoms with Crippen LogP contribution in [0.1, 0.15) is 13.3 Å². The van der Waals surface area contributed by atoms with E-state index in [0.717, 1.165) is 18.8 Å². The molecule has 0 unspecified atom stereocenters. The van der Waals surface area contributed by atoms with Gasteiger partial charge in [0.15, 0.2) is 0 Å². The van der Waals surface area contributed by atoms with Crippen molar-refractivity contribution in [2.45, 2.75) is 13.3 Å². The largest absolute Gasteiger partial charge is 0.494 e. The van der Waals surface area contributed by atoms with Gasteiger partial charge in [0.2, 0.25) is 0 Å². The molecule has 0 atom stereocenters. The van der Waals surface area contributed by atoms with Gasteiger partial charge in [-0.2, -0.15) is 0 Å². The van der Waals surface area contributed by atoms with Crippen molar-refractivity contribution in [1.82, 2.24) is 0 Å². The van der Waals surface area contributed by atoms with Gasteiger partial charge >= 0.3 is 0 Å². The van der Waals surface area contributed by atoms with Crippen LogP contribution >= 0.6 is 0 Å². The Kier molecular flexibility index (Phi) is 3.19. The van der Waals surface area contributed by atoms with E-state index in [9.17, 15) is 0 Å². The van der Waals surface area contributed by atoms with Gasteiger partial charge in [-0.1, -0.05) is 37.3 Å². The summed E-state index contributed by atoms with van der Waals surface area (Å²) in [5.41, 5.74) is 0. The molecule has 0 saturated carbocycles. The second kappa shape index (κ2) is 5.34. The molecule has 108 valence electrons. The zero-order chi connectivity index (χ0) is 14.9. The number of rotatable bonds is 3. The highest BCUT2D eigenvalue weighted by molar-refractivity contribution is 6.04. The maximum atomic E-state index is 5.75. The molecule has 4 rings (SSSR count). The molecule has 0 saturated heterocycles. The molecule has 4 aromatic carbocycles. The van der Waals surface area contributed by atoms with Gasteiger partial charge in [0.25, 0.3) is 0 Å². The maximum absolute atomic E-state index is 5.75. The van der Waals surface area contributed by atoms with Gasteiger partial charge in [-0.25, -0.2) is 0 Å². The normalized spacial score (nSPS) is 11.3. The summed E-state index contributed by atoms with van der Waals surface area (Å²) in [7, 11) is 0. The Morgan fingerprint density at radius 1 is 0.636 bits per heavy atom. The second-order valence-electron chi connectivity index (χ2n) is 5.76. The highest BCUT2D eigenvalue weighted by Crippen LogP contribution is 2.29. The van der Waals surface area contributed by atoms with Gasteiger partial charge in [-0.15, -0.1) is 0 Å². The molecular weight excluding hydrogens is 268 g/mol. The third-order valence-corrected chi connectivity index (χ3v) is 4.10. The first-order valence-electron chi connectivity index (χ1n) is 7.82. The molecule has 0 aliphatic carbocycles. The van der Waals surface area contributed by atoms with Crippen molar-refractivity contribution in [2.24, 2.45) is 0 Å². The molecule has 0 aromatic heterocycles. The SMILES string of the molecule is CCCOc1ccc2cc3cc4ccccc4cc3cc2c1. The molecule has 0 aliphatic rings. The van der Waals surface area contributed by atoms with Crippen molar-refractivity contribution in [3.8, 4) is 5.75 Å². The molecule has 0 bridgehead atoms. The first-order valence-corrected chi connectivity index (χ1v) is 7.82. The minimum absolute atomic E-state index is 0.768. The summed E-state index contributed by atoms with van der Waals surface area (Å²) in [6.45, 7) is 2.89. The standard InChI is InChI=1S/C21H18O/c1-2-9-22-21-8-7-17-12-18-10-15-5-3-4-6-16(15)11-19(18)13-20(17)14-21/h3-8,10-14H,2,9H2,1H3. The average Bonchev–Trinajstić information content (AvgIpc) is 2.56. The molecule has 4 aromatic rings. The quantitative estimate of drug-likeness (QED) is 0.424. The van der Waals surface area contributed by atoms with Crippen LogP contribution in [0.15, 0.2) is 66.7 Å². The maximum Gasteiger partial charge on any atom is 0.119 e. The summed E-state index contributed by atoms with van der Waals surface area (Å²) < 4.78 is 5.75. The molecule has 0 aliphatic heterocycles. The number of hydrogen-bond acceptors (Lipinski definition) is 1. The Hall–Kier alpha value is -2.54. The Morgan fingerprint density at radius 3 is 1.82 bits per heavy atom. The number of fused-ring (bicyclic) bond motifs is 3. The van der Waals surface area contributed by atoms with E-state index in [-0.39, 0.29) is 0 Å². The lowest BCUT2D eigenvalue weighted by Gasteiger charge is -2.08. The van der Waals surface area contributed by atoms with Crippen molar-refractivity contribution in [2.75, 3.05) is 6.61 Å². The molecule has 0 radical (unpaired) electrons. The van der Waals surface area contributed by atoms with Crippen molar-refractivity contribution < 1.29 is 4.74 Å². The lowest BCUT2D eigenvalue weighted by molar-refractivity contribution is 0.318. The van der Waals surface area contributed by atoms with Crippen LogP contribution in [0.5, 0.6) is 5.75 Å². The fourth-order valence-electron chi connectivity index (χ4n) is 2.98. The van der Waals surface area contributed by atoms with Crippen molar-refractivity contribution in [3.63, 3.8) is 0 Å². The van der Waals surface area contributed by atoms with Crippen LogP contribution in [0.25, 0.3) is 32.3 Å². The Labute approximate surface area is 130 Å². The smallest absolute Gasteiger partial charge is 0.119 e. The summed E-state index contributed by atoms with van der Waals surface area (Å²) in [6.07, 6.45) is 1.03. The van der Waals surface area contributed by atoms with Crippen LogP contribution in [-0.4, -0.2) is 6.61 Å². The Morgan fingerprint density at radius 2 is 1.18 bits per heavy atom. The van der Waals surface area contributed by atoms with Gasteiger partial charge in [0, 0.05) is 0 Å². The number of benzene rings is 4. The van der Waals surface area contributed by atoms with Crippen molar-refractivity contribution >= 4 is 32.3 Å². The summed E-state index contributed by atoms with van der Waals surface area (Å²) in [5, 5.41) is 7.63. The van der Waals surface area contributed by atoms with Crippen LogP contribution in [0.4, 0.5) is 0 Å². The highest BCUT2D eigenvalue weighted by Gasteiger charge is 2.02. The Balaban J connectivity index is 1.91. The summed E-state index contributed by atoms with van der Waals surface area (Å²) in [6, 6.07) is 23.9. The van der Waals surface area contributed by atoms with Gasteiger partial charge in [0.05, 0.1) is 6.61 Å². The van der Waals surface area contributed by atoms with E-state index in [1.807, 2.05) is 0 Å². The van der Waals surface area contributed by atoms with Crippen LogP contribution < -0.4 is 4.74 Å². The first kappa shape index (κ1) is 13.1. The predicted molar refractivity (Wildman–Crippen MR) is 94.7 cm³/mol. The van der Waals surface area contributed by atoms with Gasteiger partial charge < -0.3 is 4.74 Å². The highest BCUT2D eigenvalue weighted by atomic mass is 16.5. The van der Waals surface area contributed by atoms with E-state index in [2.05, 4.69) is 73.7 Å². The molecule has 1 nitrogen and oxygen atoms in total. The molecule has 0 spiro atoms. The van der Waals surface area contributed by atoms with E-state index in [0.29, 0.717) is 0 Å². The summed E-state index contributed by atoms with van der Waals surface area (Å²) >= 11 is 0. The van der Waals surface area contributed by atoms with E-state index in [1.165, 1.54) is 32.3 Å². The van der Waals surface area contributed by atoms with Crippen molar-refractivity contribution in [3.05, 3.63) is 66.7 Å². The topological polar surface area (TPSA) is 9.23 Å². The molecule has 0 N–H and O–H groups in total. The molecule has 0 heterocycles. The van der Waals surface area contributed by atoms with Gasteiger partial charge in [-0.05, 0) is 75.1 Å². The third-order valence-electron chi connectivity index (χ3n) is 4.10. The minimum atomic E-state index is 0.768. The summed E-state index contributed by atoms with van der Waals surface area (Å²) in [5.74, 6) is 0.953. The monoisotopic (exact) mass is 286 g/mol. The zero-order valence-corrected chi connectivity index (χ0v) is 12.7. The molecule has 0 amide bonds. The van der Waals surface area contributed by atoms with Crippen molar-refractivity contribution in [1.29, 1.82) is 0 Å². The number of ether oxygens (including phenoxy) is 1. The second-order valence-corrected chi connectivity index (χ2v) is 5.76. The fourth-order valence-corrected chi connectivity index (χ4v) is 2.98. The zero-order valence-electron chi connectivity index (χ0n) is 12.7. The lowest BCUT2D eigenvalue weighted by atomic mass is 10.00. The summed E-state index contributed by atoms with van der Waals surface area (Å²) in [4.78, 5) is 0. The molecule has 22 heavy (non-hydrogen) atoms. The molecule has 1 heteroatoms. The van der Waals surface area contributed by atoms with Crippen LogP contribution in [-0.2, 0) is 0 Å². The van der Waals surface area contributed by atoms with Crippen LogP contribution in [0.2, 0.25) is 0 Å². The Bertz CT molecular complexity index is 969. The van der Waals surface area contributed by atoms with Crippen LogP contribution in [0.3, 0.4) is 0 Å². The fraction of sp³-hybridized carbons (Fsp3) is 0.143.